The van der Waals surface area contributed by atoms with Crippen LogP contribution in [-0.2, 0) is 0 Å². The van der Waals surface area contributed by atoms with Gasteiger partial charge < -0.3 is 16.0 Å². The number of anilines is 1. The SMILES string of the molecule is CCCCNc1cc(C(CCCC)N2C(C)CCCC2C)c2cc(-c3cccc(C(=N)N)c3)c(=O)[nH]c2c1. The van der Waals surface area contributed by atoms with Gasteiger partial charge in [0.05, 0.1) is 5.52 Å². The van der Waals surface area contributed by atoms with Gasteiger partial charge in [-0.2, -0.15) is 0 Å². The number of rotatable bonds is 11. The highest BCUT2D eigenvalue weighted by molar-refractivity contribution is 5.96. The first-order chi connectivity index (χ1) is 18.3. The van der Waals surface area contributed by atoms with Crippen molar-refractivity contribution in [2.45, 2.75) is 97.2 Å². The molecule has 6 heteroatoms. The van der Waals surface area contributed by atoms with E-state index in [1.54, 1.807) is 6.07 Å². The molecule has 6 nitrogen and oxygen atoms in total. The van der Waals surface area contributed by atoms with Gasteiger partial charge in [-0.15, -0.1) is 0 Å². The quantitative estimate of drug-likeness (QED) is 0.123. The van der Waals surface area contributed by atoms with Crippen molar-refractivity contribution in [3.63, 3.8) is 0 Å². The van der Waals surface area contributed by atoms with Gasteiger partial charge in [0.25, 0.3) is 5.56 Å². The minimum absolute atomic E-state index is 0.000237. The molecule has 3 aromatic rings. The maximum atomic E-state index is 13.4. The summed E-state index contributed by atoms with van der Waals surface area (Å²) in [4.78, 5) is 19.3. The minimum Gasteiger partial charge on any atom is -0.385 e. The van der Waals surface area contributed by atoms with Crippen LogP contribution < -0.4 is 16.6 Å². The molecule has 1 saturated heterocycles. The lowest BCUT2D eigenvalue weighted by Crippen LogP contribution is -2.46. The van der Waals surface area contributed by atoms with Crippen LogP contribution in [0, 0.1) is 5.41 Å². The van der Waals surface area contributed by atoms with Gasteiger partial charge in [0.2, 0.25) is 0 Å². The van der Waals surface area contributed by atoms with Gasteiger partial charge in [0, 0.05) is 46.9 Å². The number of nitrogen functional groups attached to an aromatic ring is 1. The standard InChI is InChI=1S/C32H45N5O/c1-5-7-15-30(37-21(3)11-9-12-22(37)4)28-18-25(35-16-8-6-2)19-29-27(28)20-26(32(38)36-29)23-13-10-14-24(17-23)31(33)34/h10,13-14,17-22,30,35H,5-9,11-12,15-16H2,1-4H3,(H3,33,34)(H,36,38). The maximum absolute atomic E-state index is 13.4. The lowest BCUT2D eigenvalue weighted by molar-refractivity contribution is 0.0496. The van der Waals surface area contributed by atoms with Gasteiger partial charge in [-0.25, -0.2) is 0 Å². The second-order valence-electron chi connectivity index (χ2n) is 11.0. The zero-order valence-electron chi connectivity index (χ0n) is 23.6. The summed E-state index contributed by atoms with van der Waals surface area (Å²) >= 11 is 0. The molecule has 204 valence electrons. The first-order valence-corrected chi connectivity index (χ1v) is 14.5. The van der Waals surface area contributed by atoms with E-state index in [0.29, 0.717) is 23.2 Å². The van der Waals surface area contributed by atoms with Crippen LogP contribution in [-0.4, -0.2) is 34.3 Å². The van der Waals surface area contributed by atoms with Crippen molar-refractivity contribution in [1.82, 2.24) is 9.88 Å². The molecular formula is C32H45N5O. The summed E-state index contributed by atoms with van der Waals surface area (Å²) < 4.78 is 0. The van der Waals surface area contributed by atoms with Gasteiger partial charge in [-0.05, 0) is 74.9 Å². The third kappa shape index (κ3) is 6.12. The molecule has 38 heavy (non-hydrogen) atoms. The Hall–Kier alpha value is -3.12. The van der Waals surface area contributed by atoms with E-state index in [0.717, 1.165) is 60.8 Å². The molecule has 0 aliphatic carbocycles. The lowest BCUT2D eigenvalue weighted by Gasteiger charge is -2.45. The second-order valence-corrected chi connectivity index (χ2v) is 11.0. The first-order valence-electron chi connectivity index (χ1n) is 14.5. The number of unbranched alkanes of at least 4 members (excludes halogenated alkanes) is 2. The highest BCUT2D eigenvalue weighted by Gasteiger charge is 2.33. The van der Waals surface area contributed by atoms with E-state index in [4.69, 9.17) is 11.1 Å². The van der Waals surface area contributed by atoms with Crippen LogP contribution in [0.15, 0.2) is 47.3 Å². The molecule has 0 bridgehead atoms. The molecule has 2 heterocycles. The fourth-order valence-electron chi connectivity index (χ4n) is 6.11. The number of likely N-dealkylation sites (tertiary alicyclic amines) is 1. The predicted octanol–water partition coefficient (Wildman–Crippen LogP) is 7.19. The van der Waals surface area contributed by atoms with Gasteiger partial charge in [0.15, 0.2) is 0 Å². The summed E-state index contributed by atoms with van der Waals surface area (Å²) in [6.07, 6.45) is 9.36. The van der Waals surface area contributed by atoms with E-state index >= 15 is 0 Å². The van der Waals surface area contributed by atoms with E-state index < -0.39 is 0 Å². The first kappa shape index (κ1) is 27.9. The van der Waals surface area contributed by atoms with Crippen LogP contribution in [0.2, 0.25) is 0 Å². The molecule has 1 aliphatic rings. The number of aromatic nitrogens is 1. The summed E-state index contributed by atoms with van der Waals surface area (Å²) in [5.41, 5.74) is 10.9. The maximum Gasteiger partial charge on any atom is 0.256 e. The molecule has 0 saturated carbocycles. The average molecular weight is 516 g/mol. The molecule has 3 unspecified atom stereocenters. The molecule has 2 aromatic carbocycles. The molecule has 0 amide bonds. The highest BCUT2D eigenvalue weighted by atomic mass is 16.1. The van der Waals surface area contributed by atoms with E-state index in [1.807, 2.05) is 18.2 Å². The van der Waals surface area contributed by atoms with Crippen molar-refractivity contribution in [3.05, 3.63) is 63.9 Å². The lowest BCUT2D eigenvalue weighted by atomic mass is 9.88. The zero-order chi connectivity index (χ0) is 27.2. The summed E-state index contributed by atoms with van der Waals surface area (Å²) in [6, 6.07) is 15.2. The number of aromatic amines is 1. The van der Waals surface area contributed by atoms with Crippen LogP contribution in [0.4, 0.5) is 5.69 Å². The third-order valence-electron chi connectivity index (χ3n) is 8.15. The number of hydrogen-bond acceptors (Lipinski definition) is 4. The number of H-pyrrole nitrogens is 1. The Morgan fingerprint density at radius 2 is 1.84 bits per heavy atom. The Balaban J connectivity index is 1.92. The van der Waals surface area contributed by atoms with E-state index in [9.17, 15) is 4.79 Å². The van der Waals surface area contributed by atoms with Gasteiger partial charge >= 0.3 is 0 Å². The number of benzene rings is 2. The van der Waals surface area contributed by atoms with Crippen LogP contribution >= 0.6 is 0 Å². The number of fused-ring (bicyclic) bond motifs is 1. The van der Waals surface area contributed by atoms with Crippen molar-refractivity contribution in [1.29, 1.82) is 5.41 Å². The number of hydrogen-bond donors (Lipinski definition) is 4. The topological polar surface area (TPSA) is 98.0 Å². The van der Waals surface area contributed by atoms with Crippen molar-refractivity contribution in [2.75, 3.05) is 11.9 Å². The van der Waals surface area contributed by atoms with Gasteiger partial charge in [-0.1, -0.05) is 57.7 Å². The fraction of sp³-hybridized carbons (Fsp3) is 0.500. The number of nitrogens with two attached hydrogens (primary N) is 1. The number of nitrogens with one attached hydrogen (secondary N) is 3. The van der Waals surface area contributed by atoms with Crippen LogP contribution in [0.25, 0.3) is 22.0 Å². The molecule has 1 aromatic heterocycles. The number of amidine groups is 1. The minimum atomic E-state index is -0.125. The number of piperidine rings is 1. The molecule has 1 fully saturated rings. The molecule has 3 atom stereocenters. The average Bonchev–Trinajstić information content (AvgIpc) is 2.90. The Kier molecular flexibility index (Phi) is 9.26. The smallest absolute Gasteiger partial charge is 0.256 e. The Labute approximate surface area is 227 Å². The van der Waals surface area contributed by atoms with Gasteiger partial charge in [0.1, 0.15) is 5.84 Å². The molecule has 1 aliphatic heterocycles. The summed E-state index contributed by atoms with van der Waals surface area (Å²) in [7, 11) is 0. The predicted molar refractivity (Wildman–Crippen MR) is 161 cm³/mol. The number of pyridine rings is 1. The molecule has 0 spiro atoms. The van der Waals surface area contributed by atoms with E-state index in [-0.39, 0.29) is 17.4 Å². The Morgan fingerprint density at radius 3 is 2.53 bits per heavy atom. The highest BCUT2D eigenvalue weighted by Crippen LogP contribution is 2.40. The van der Waals surface area contributed by atoms with Crippen LogP contribution in [0.3, 0.4) is 0 Å². The normalized spacial score (nSPS) is 18.9. The Bertz CT molecular complexity index is 1300. The molecule has 0 radical (unpaired) electrons. The number of nitrogens with zero attached hydrogens (tertiary/aromatic N) is 1. The molecule has 5 N–H and O–H groups in total. The van der Waals surface area contributed by atoms with Crippen LogP contribution in [0.5, 0.6) is 0 Å². The van der Waals surface area contributed by atoms with E-state index in [1.165, 1.54) is 24.8 Å². The monoisotopic (exact) mass is 515 g/mol. The van der Waals surface area contributed by atoms with Crippen molar-refractivity contribution in [2.24, 2.45) is 5.73 Å². The summed E-state index contributed by atoms with van der Waals surface area (Å²) in [5, 5.41) is 12.6. The molecule has 4 rings (SSSR count). The van der Waals surface area contributed by atoms with Gasteiger partial charge in [-0.3, -0.25) is 15.1 Å². The summed E-state index contributed by atoms with van der Waals surface area (Å²) in [5.74, 6) is 0.000237. The second kappa shape index (κ2) is 12.6. The van der Waals surface area contributed by atoms with E-state index in [2.05, 4.69) is 61.1 Å². The van der Waals surface area contributed by atoms with Crippen molar-refractivity contribution >= 4 is 22.4 Å². The molecular weight excluding hydrogens is 470 g/mol. The van der Waals surface area contributed by atoms with Crippen LogP contribution in [0.1, 0.15) is 96.2 Å². The van der Waals surface area contributed by atoms with Crippen molar-refractivity contribution in [3.8, 4) is 11.1 Å². The summed E-state index contributed by atoms with van der Waals surface area (Å²) in [6.45, 7) is 10.1. The Morgan fingerprint density at radius 1 is 1.11 bits per heavy atom. The fourth-order valence-corrected chi connectivity index (χ4v) is 6.11. The largest absolute Gasteiger partial charge is 0.385 e. The zero-order valence-corrected chi connectivity index (χ0v) is 23.6. The van der Waals surface area contributed by atoms with Crippen molar-refractivity contribution < 1.29 is 0 Å². The third-order valence-corrected chi connectivity index (χ3v) is 8.15.